The van der Waals surface area contributed by atoms with Crippen LogP contribution in [0.2, 0.25) is 0 Å². The van der Waals surface area contributed by atoms with Gasteiger partial charge in [0.25, 0.3) is 0 Å². The Kier molecular flexibility index (Phi) is 4.14. The summed E-state index contributed by atoms with van der Waals surface area (Å²) in [7, 11) is 0. The summed E-state index contributed by atoms with van der Waals surface area (Å²) >= 11 is 1.86. The standard InChI is InChI=1S/C12H8S.C6H12/c1-3-7-11-9(5-1)10-6-2-4-8-12(10)13-11;1-2-4-6-5-3-1/h1-8H;1-6H2. The van der Waals surface area contributed by atoms with Crippen LogP contribution in [-0.4, -0.2) is 0 Å². The van der Waals surface area contributed by atoms with Gasteiger partial charge in [-0.25, -0.2) is 0 Å². The largest absolute Gasteiger partial charge is 0.135 e. The molecule has 2 aromatic carbocycles. The molecule has 0 radical (unpaired) electrons. The first-order valence-corrected chi connectivity index (χ1v) is 8.13. The van der Waals surface area contributed by atoms with E-state index < -0.39 is 0 Å². The smallest absolute Gasteiger partial charge is 0.0355 e. The van der Waals surface area contributed by atoms with Crippen LogP contribution in [0.15, 0.2) is 48.5 Å². The van der Waals surface area contributed by atoms with Crippen LogP contribution in [0.1, 0.15) is 38.5 Å². The van der Waals surface area contributed by atoms with E-state index in [4.69, 9.17) is 0 Å². The monoisotopic (exact) mass is 268 g/mol. The van der Waals surface area contributed by atoms with Gasteiger partial charge in [-0.15, -0.1) is 11.3 Å². The summed E-state index contributed by atoms with van der Waals surface area (Å²) in [6.45, 7) is 0. The Balaban J connectivity index is 0.000000155. The molecule has 1 heterocycles. The highest BCUT2D eigenvalue weighted by Gasteiger charge is 2.01. The molecule has 1 heteroatoms. The van der Waals surface area contributed by atoms with Crippen LogP contribution < -0.4 is 0 Å². The molecule has 19 heavy (non-hydrogen) atoms. The van der Waals surface area contributed by atoms with Gasteiger partial charge in [0, 0.05) is 20.2 Å². The third kappa shape index (κ3) is 2.98. The third-order valence-electron chi connectivity index (χ3n) is 3.78. The molecule has 1 aliphatic carbocycles. The summed E-state index contributed by atoms with van der Waals surface area (Å²) in [4.78, 5) is 0. The number of hydrogen-bond donors (Lipinski definition) is 0. The summed E-state index contributed by atoms with van der Waals surface area (Å²) in [5, 5.41) is 2.76. The Labute approximate surface area is 119 Å². The molecule has 0 aliphatic heterocycles. The van der Waals surface area contributed by atoms with E-state index in [1.807, 2.05) is 11.3 Å². The predicted octanol–water partition coefficient (Wildman–Crippen LogP) is 6.40. The van der Waals surface area contributed by atoms with Crippen LogP contribution >= 0.6 is 11.3 Å². The van der Waals surface area contributed by atoms with Crippen LogP contribution in [0.3, 0.4) is 0 Å². The maximum absolute atomic E-state index is 2.19. The lowest BCUT2D eigenvalue weighted by molar-refractivity contribution is 0.504. The molecule has 0 N–H and O–H groups in total. The molecule has 1 aliphatic rings. The van der Waals surface area contributed by atoms with Crippen LogP contribution in [0.25, 0.3) is 20.2 Å². The third-order valence-corrected chi connectivity index (χ3v) is 4.94. The normalized spacial score (nSPS) is 15.2. The second-order valence-corrected chi connectivity index (χ2v) is 6.30. The van der Waals surface area contributed by atoms with Gasteiger partial charge in [-0.3, -0.25) is 0 Å². The Morgan fingerprint density at radius 3 is 1.32 bits per heavy atom. The average Bonchev–Trinajstić information content (AvgIpc) is 2.88. The number of rotatable bonds is 0. The van der Waals surface area contributed by atoms with Crippen molar-refractivity contribution >= 4 is 31.5 Å². The minimum atomic E-state index is 1.38. The van der Waals surface area contributed by atoms with Gasteiger partial charge in [-0.2, -0.15) is 0 Å². The van der Waals surface area contributed by atoms with Gasteiger partial charge < -0.3 is 0 Å². The van der Waals surface area contributed by atoms with Crippen molar-refractivity contribution in [1.29, 1.82) is 0 Å². The SMILES string of the molecule is C1CCCCC1.c1ccc2c(c1)sc1ccccc12. The van der Waals surface area contributed by atoms with Gasteiger partial charge in [-0.05, 0) is 12.1 Å². The van der Waals surface area contributed by atoms with E-state index in [1.54, 1.807) is 0 Å². The minimum Gasteiger partial charge on any atom is -0.135 e. The highest BCUT2D eigenvalue weighted by molar-refractivity contribution is 7.25. The maximum atomic E-state index is 2.19. The molecular weight excluding hydrogens is 248 g/mol. The number of benzene rings is 2. The van der Waals surface area contributed by atoms with E-state index >= 15 is 0 Å². The van der Waals surface area contributed by atoms with Crippen molar-refractivity contribution in [3.63, 3.8) is 0 Å². The number of hydrogen-bond acceptors (Lipinski definition) is 1. The van der Waals surface area contributed by atoms with Gasteiger partial charge in [0.15, 0.2) is 0 Å². The van der Waals surface area contributed by atoms with Crippen molar-refractivity contribution in [2.24, 2.45) is 0 Å². The van der Waals surface area contributed by atoms with Crippen molar-refractivity contribution in [3.05, 3.63) is 48.5 Å². The van der Waals surface area contributed by atoms with Crippen LogP contribution in [0, 0.1) is 0 Å². The molecule has 98 valence electrons. The Hall–Kier alpha value is -1.34. The Morgan fingerprint density at radius 2 is 0.895 bits per heavy atom. The van der Waals surface area contributed by atoms with E-state index in [9.17, 15) is 0 Å². The van der Waals surface area contributed by atoms with Crippen molar-refractivity contribution in [2.45, 2.75) is 38.5 Å². The first kappa shape index (κ1) is 12.7. The summed E-state index contributed by atoms with van der Waals surface area (Å²) in [5.41, 5.74) is 0. The molecule has 0 unspecified atom stereocenters. The second kappa shape index (κ2) is 6.21. The molecule has 0 amide bonds. The lowest BCUT2D eigenvalue weighted by Crippen LogP contribution is -1.85. The molecular formula is C18H20S. The van der Waals surface area contributed by atoms with Gasteiger partial charge in [-0.1, -0.05) is 74.9 Å². The summed E-state index contributed by atoms with van der Waals surface area (Å²) in [6.07, 6.45) is 9.00. The van der Waals surface area contributed by atoms with Crippen molar-refractivity contribution in [2.75, 3.05) is 0 Å². The zero-order valence-corrected chi connectivity index (χ0v) is 12.1. The van der Waals surface area contributed by atoms with Crippen molar-refractivity contribution < 1.29 is 0 Å². The minimum absolute atomic E-state index is 1.38. The molecule has 0 nitrogen and oxygen atoms in total. The van der Waals surface area contributed by atoms with Gasteiger partial charge in [0.05, 0.1) is 0 Å². The van der Waals surface area contributed by atoms with Gasteiger partial charge in [0.1, 0.15) is 0 Å². The van der Waals surface area contributed by atoms with Crippen LogP contribution in [0.4, 0.5) is 0 Å². The van der Waals surface area contributed by atoms with E-state index in [-0.39, 0.29) is 0 Å². The molecule has 1 aromatic heterocycles. The predicted molar refractivity (Wildman–Crippen MR) is 87.0 cm³/mol. The van der Waals surface area contributed by atoms with Crippen LogP contribution in [-0.2, 0) is 0 Å². The average molecular weight is 268 g/mol. The zero-order chi connectivity index (χ0) is 12.9. The molecule has 0 bridgehead atoms. The van der Waals surface area contributed by atoms with Crippen molar-refractivity contribution in [1.82, 2.24) is 0 Å². The number of fused-ring (bicyclic) bond motifs is 3. The van der Waals surface area contributed by atoms with E-state index in [1.165, 1.54) is 58.7 Å². The Morgan fingerprint density at radius 1 is 0.526 bits per heavy atom. The Bertz CT molecular complexity index is 585. The summed E-state index contributed by atoms with van der Waals surface area (Å²) in [6, 6.07) is 17.1. The molecule has 0 spiro atoms. The van der Waals surface area contributed by atoms with E-state index in [2.05, 4.69) is 48.5 Å². The topological polar surface area (TPSA) is 0 Å². The van der Waals surface area contributed by atoms with E-state index in [0.29, 0.717) is 0 Å². The number of thiophene rings is 1. The lowest BCUT2D eigenvalue weighted by atomic mass is 10.0. The summed E-state index contributed by atoms with van der Waals surface area (Å²) < 4.78 is 2.76. The fourth-order valence-corrected chi connectivity index (χ4v) is 3.84. The quantitative estimate of drug-likeness (QED) is 0.443. The first-order chi connectivity index (χ1) is 9.45. The fraction of sp³-hybridized carbons (Fsp3) is 0.333. The van der Waals surface area contributed by atoms with Gasteiger partial charge >= 0.3 is 0 Å². The molecule has 3 aromatic rings. The zero-order valence-electron chi connectivity index (χ0n) is 11.3. The highest BCUT2D eigenvalue weighted by Crippen LogP contribution is 2.32. The van der Waals surface area contributed by atoms with Crippen molar-refractivity contribution in [3.8, 4) is 0 Å². The molecule has 0 atom stereocenters. The second-order valence-electron chi connectivity index (χ2n) is 5.22. The molecule has 1 fully saturated rings. The molecule has 1 saturated carbocycles. The molecule has 0 saturated heterocycles. The van der Waals surface area contributed by atoms with Gasteiger partial charge in [0.2, 0.25) is 0 Å². The maximum Gasteiger partial charge on any atom is 0.0355 e. The lowest BCUT2D eigenvalue weighted by Gasteiger charge is -2.05. The summed E-state index contributed by atoms with van der Waals surface area (Å²) in [5.74, 6) is 0. The fourth-order valence-electron chi connectivity index (χ4n) is 2.74. The first-order valence-electron chi connectivity index (χ1n) is 7.31. The highest BCUT2D eigenvalue weighted by atomic mass is 32.1. The molecule has 4 rings (SSSR count). The van der Waals surface area contributed by atoms with E-state index in [0.717, 1.165) is 0 Å². The van der Waals surface area contributed by atoms with Crippen LogP contribution in [0.5, 0.6) is 0 Å².